The molecule has 0 amide bonds. The molecule has 0 aliphatic heterocycles. The van der Waals surface area contributed by atoms with Crippen LogP contribution in [0.2, 0.25) is 0 Å². The van der Waals surface area contributed by atoms with Crippen LogP contribution in [0, 0.1) is 0 Å². The molecule has 0 aliphatic rings. The molecule has 4 heteroatoms. The Balaban J connectivity index is 2.05. The molecular formula is C11H10O3S. The van der Waals surface area contributed by atoms with Crippen molar-refractivity contribution < 1.29 is 14.3 Å². The third-order valence-corrected chi connectivity index (χ3v) is 3.11. The molecule has 78 valence electrons. The van der Waals surface area contributed by atoms with Crippen LogP contribution in [0.5, 0.6) is 0 Å². The molecule has 0 saturated heterocycles. The molecule has 0 bridgehead atoms. The smallest absolute Gasteiger partial charge is 0.346 e. The third kappa shape index (κ3) is 2.27. The third-order valence-electron chi connectivity index (χ3n) is 2.16. The van der Waals surface area contributed by atoms with Crippen LogP contribution in [0.25, 0.3) is 0 Å². The van der Waals surface area contributed by atoms with Gasteiger partial charge in [0.15, 0.2) is 0 Å². The summed E-state index contributed by atoms with van der Waals surface area (Å²) in [6, 6.07) is 5.59. The first kappa shape index (κ1) is 9.98. The van der Waals surface area contributed by atoms with Crippen molar-refractivity contribution in [2.24, 2.45) is 0 Å². The van der Waals surface area contributed by atoms with Crippen LogP contribution in [0.15, 0.2) is 34.3 Å². The minimum Gasteiger partial charge on any atom is -0.477 e. The van der Waals surface area contributed by atoms with Gasteiger partial charge < -0.3 is 9.52 Å². The molecule has 2 aromatic heterocycles. The van der Waals surface area contributed by atoms with E-state index in [9.17, 15) is 4.79 Å². The van der Waals surface area contributed by atoms with Crippen molar-refractivity contribution in [3.05, 3.63) is 46.0 Å². The fraction of sp³-hybridized carbons (Fsp3) is 0.182. The van der Waals surface area contributed by atoms with Gasteiger partial charge in [-0.15, -0.1) is 11.3 Å². The van der Waals surface area contributed by atoms with Crippen LogP contribution < -0.4 is 0 Å². The average molecular weight is 222 g/mol. The monoisotopic (exact) mass is 222 g/mol. The van der Waals surface area contributed by atoms with Crippen LogP contribution in [-0.2, 0) is 12.8 Å². The number of carbonyl (C=O) groups is 1. The summed E-state index contributed by atoms with van der Waals surface area (Å²) in [5, 5.41) is 10.7. The zero-order chi connectivity index (χ0) is 10.7. The Morgan fingerprint density at radius 1 is 1.40 bits per heavy atom. The molecule has 2 heterocycles. The topological polar surface area (TPSA) is 50.4 Å². The lowest BCUT2D eigenvalue weighted by atomic mass is 10.1. The van der Waals surface area contributed by atoms with Gasteiger partial charge in [0, 0.05) is 6.42 Å². The van der Waals surface area contributed by atoms with Gasteiger partial charge in [0.2, 0.25) is 0 Å². The first-order valence-corrected chi connectivity index (χ1v) is 5.47. The molecular weight excluding hydrogens is 212 g/mol. The molecule has 0 aliphatic carbocycles. The molecule has 0 atom stereocenters. The Bertz CT molecular complexity index is 442. The summed E-state index contributed by atoms with van der Waals surface area (Å²) in [6.07, 6.45) is 3.07. The summed E-state index contributed by atoms with van der Waals surface area (Å²) in [4.78, 5) is 11.3. The zero-order valence-corrected chi connectivity index (χ0v) is 8.79. The quantitative estimate of drug-likeness (QED) is 0.865. The van der Waals surface area contributed by atoms with Crippen molar-refractivity contribution in [1.82, 2.24) is 0 Å². The second-order valence-electron chi connectivity index (χ2n) is 3.16. The first-order valence-electron chi connectivity index (χ1n) is 4.59. The Morgan fingerprint density at radius 3 is 2.93 bits per heavy atom. The summed E-state index contributed by atoms with van der Waals surface area (Å²) in [5.41, 5.74) is 0.879. The molecule has 0 unspecified atom stereocenters. The van der Waals surface area contributed by atoms with E-state index in [0.717, 1.165) is 17.7 Å². The highest BCUT2D eigenvalue weighted by atomic mass is 32.1. The van der Waals surface area contributed by atoms with Crippen LogP contribution in [0.1, 0.15) is 21.0 Å². The number of hydrogen-bond acceptors (Lipinski definition) is 3. The molecule has 0 saturated carbocycles. The number of carboxylic acids is 1. The number of aromatic carboxylic acids is 1. The van der Waals surface area contributed by atoms with E-state index < -0.39 is 5.97 Å². The van der Waals surface area contributed by atoms with Crippen LogP contribution in [0.3, 0.4) is 0 Å². The number of thiophene rings is 1. The van der Waals surface area contributed by atoms with Crippen molar-refractivity contribution >= 4 is 17.3 Å². The normalized spacial score (nSPS) is 10.4. The largest absolute Gasteiger partial charge is 0.477 e. The minimum atomic E-state index is -0.848. The van der Waals surface area contributed by atoms with E-state index in [2.05, 4.69) is 0 Å². The van der Waals surface area contributed by atoms with Crippen LogP contribution >= 0.6 is 11.3 Å². The second kappa shape index (κ2) is 4.31. The Kier molecular flexibility index (Phi) is 2.87. The van der Waals surface area contributed by atoms with E-state index in [1.807, 2.05) is 18.2 Å². The maximum absolute atomic E-state index is 10.8. The molecule has 0 fully saturated rings. The summed E-state index contributed by atoms with van der Waals surface area (Å²) < 4.78 is 5.19. The van der Waals surface area contributed by atoms with Gasteiger partial charge >= 0.3 is 5.97 Å². The van der Waals surface area contributed by atoms with Crippen molar-refractivity contribution in [3.8, 4) is 0 Å². The molecule has 0 aromatic carbocycles. The highest BCUT2D eigenvalue weighted by molar-refractivity contribution is 7.12. The van der Waals surface area contributed by atoms with Gasteiger partial charge in [-0.2, -0.15) is 0 Å². The zero-order valence-electron chi connectivity index (χ0n) is 7.97. The number of carboxylic acid groups (broad SMARTS) is 1. The predicted octanol–water partition coefficient (Wildman–Crippen LogP) is 2.82. The number of hydrogen-bond donors (Lipinski definition) is 1. The highest BCUT2D eigenvalue weighted by Gasteiger charge is 2.11. The SMILES string of the molecule is O=C(O)c1sccc1CCc1ccco1. The van der Waals surface area contributed by atoms with E-state index in [4.69, 9.17) is 9.52 Å². The van der Waals surface area contributed by atoms with E-state index in [1.165, 1.54) is 11.3 Å². The fourth-order valence-electron chi connectivity index (χ4n) is 1.43. The predicted molar refractivity (Wildman–Crippen MR) is 57.4 cm³/mol. The molecule has 2 aromatic rings. The van der Waals surface area contributed by atoms with Crippen molar-refractivity contribution in [3.63, 3.8) is 0 Å². The van der Waals surface area contributed by atoms with E-state index in [1.54, 1.807) is 11.6 Å². The second-order valence-corrected chi connectivity index (χ2v) is 4.08. The molecule has 2 rings (SSSR count). The summed E-state index contributed by atoms with van der Waals surface area (Å²) in [7, 11) is 0. The van der Waals surface area contributed by atoms with E-state index in [0.29, 0.717) is 11.3 Å². The molecule has 3 nitrogen and oxygen atoms in total. The fourth-order valence-corrected chi connectivity index (χ4v) is 2.22. The minimum absolute atomic E-state index is 0.432. The van der Waals surface area contributed by atoms with Crippen molar-refractivity contribution in [2.75, 3.05) is 0 Å². The van der Waals surface area contributed by atoms with Crippen LogP contribution in [-0.4, -0.2) is 11.1 Å². The number of furan rings is 1. The lowest BCUT2D eigenvalue weighted by Gasteiger charge is -1.97. The van der Waals surface area contributed by atoms with Gasteiger partial charge in [-0.1, -0.05) is 0 Å². The van der Waals surface area contributed by atoms with Crippen molar-refractivity contribution in [2.45, 2.75) is 12.8 Å². The average Bonchev–Trinajstić information content (AvgIpc) is 2.86. The maximum Gasteiger partial charge on any atom is 0.346 e. The van der Waals surface area contributed by atoms with Gasteiger partial charge in [-0.05, 0) is 35.6 Å². The van der Waals surface area contributed by atoms with Gasteiger partial charge in [0.1, 0.15) is 10.6 Å². The Hall–Kier alpha value is -1.55. The maximum atomic E-state index is 10.8. The van der Waals surface area contributed by atoms with Gasteiger partial charge in [0.25, 0.3) is 0 Å². The van der Waals surface area contributed by atoms with Gasteiger partial charge in [-0.25, -0.2) is 4.79 Å². The van der Waals surface area contributed by atoms with Gasteiger partial charge in [0.05, 0.1) is 6.26 Å². The Labute approximate surface area is 91.0 Å². The molecule has 1 N–H and O–H groups in total. The molecule has 0 spiro atoms. The summed E-state index contributed by atoms with van der Waals surface area (Å²) in [5.74, 6) is 0.0389. The highest BCUT2D eigenvalue weighted by Crippen LogP contribution is 2.18. The summed E-state index contributed by atoms with van der Waals surface area (Å²) in [6.45, 7) is 0. The van der Waals surface area contributed by atoms with E-state index >= 15 is 0 Å². The molecule has 0 radical (unpaired) electrons. The number of rotatable bonds is 4. The summed E-state index contributed by atoms with van der Waals surface area (Å²) >= 11 is 1.26. The van der Waals surface area contributed by atoms with Crippen molar-refractivity contribution in [1.29, 1.82) is 0 Å². The van der Waals surface area contributed by atoms with Crippen LogP contribution in [0.4, 0.5) is 0 Å². The lowest BCUT2D eigenvalue weighted by molar-refractivity contribution is 0.0701. The van der Waals surface area contributed by atoms with E-state index in [-0.39, 0.29) is 0 Å². The first-order chi connectivity index (χ1) is 7.27. The number of aryl methyl sites for hydroxylation is 2. The lowest BCUT2D eigenvalue weighted by Crippen LogP contribution is -1.98. The molecule has 15 heavy (non-hydrogen) atoms. The standard InChI is InChI=1S/C11H10O3S/c12-11(13)10-8(5-7-15-10)3-4-9-2-1-6-14-9/h1-2,5-7H,3-4H2,(H,12,13). The Morgan fingerprint density at radius 2 is 2.27 bits per heavy atom. The van der Waals surface area contributed by atoms with Gasteiger partial charge in [-0.3, -0.25) is 0 Å².